The van der Waals surface area contributed by atoms with E-state index in [0.29, 0.717) is 5.56 Å². The number of anilines is 1. The van der Waals surface area contributed by atoms with Crippen LogP contribution in [0.1, 0.15) is 34.6 Å². The molecule has 3 rings (SSSR count). The van der Waals surface area contributed by atoms with Crippen molar-refractivity contribution in [2.24, 2.45) is 0 Å². The summed E-state index contributed by atoms with van der Waals surface area (Å²) < 4.78 is 40.9. The van der Waals surface area contributed by atoms with E-state index in [1.165, 1.54) is 42.2 Å². The van der Waals surface area contributed by atoms with Gasteiger partial charge in [0, 0.05) is 18.5 Å². The highest BCUT2D eigenvalue weighted by molar-refractivity contribution is 5.93. The van der Waals surface area contributed by atoms with E-state index in [1.54, 1.807) is 6.07 Å². The Labute approximate surface area is 162 Å². The van der Waals surface area contributed by atoms with Gasteiger partial charge in [-0.1, -0.05) is 12.1 Å². The number of carbonyl (C=O) groups excluding carboxylic acids is 1. The Morgan fingerprint density at radius 3 is 2.69 bits per heavy atom. The van der Waals surface area contributed by atoms with Crippen LogP contribution in [0.3, 0.4) is 0 Å². The van der Waals surface area contributed by atoms with Crippen LogP contribution in [0.2, 0.25) is 0 Å². The normalized spacial score (nSPS) is 12.6. The number of carboxylic acid groups (broad SMARTS) is 1. The quantitative estimate of drug-likeness (QED) is 0.654. The zero-order valence-electron chi connectivity index (χ0n) is 15.1. The fraction of sp³-hybridized carbons (Fsp3) is 0.222. The third kappa shape index (κ3) is 4.62. The molecule has 0 aliphatic heterocycles. The van der Waals surface area contributed by atoms with E-state index in [0.717, 1.165) is 16.8 Å². The van der Waals surface area contributed by atoms with Crippen molar-refractivity contribution >= 4 is 17.7 Å². The number of nitrogens with zero attached hydrogens (tertiary/aromatic N) is 4. The van der Waals surface area contributed by atoms with Crippen LogP contribution in [0, 0.1) is 0 Å². The lowest BCUT2D eigenvalue weighted by atomic mass is 10.1. The molecule has 2 heterocycles. The predicted octanol–water partition coefficient (Wildman–Crippen LogP) is 3.04. The highest BCUT2D eigenvalue weighted by atomic mass is 19.4. The number of hydrogen-bond acceptors (Lipinski definition) is 4. The van der Waals surface area contributed by atoms with Gasteiger partial charge in [-0.2, -0.15) is 23.4 Å². The van der Waals surface area contributed by atoms with Crippen LogP contribution >= 0.6 is 0 Å². The van der Waals surface area contributed by atoms with Gasteiger partial charge in [0.25, 0.3) is 0 Å². The molecule has 0 aliphatic rings. The molecular weight excluding hydrogens is 391 g/mol. The first-order valence-electron chi connectivity index (χ1n) is 8.42. The molecule has 1 amide bonds. The van der Waals surface area contributed by atoms with Gasteiger partial charge in [0.05, 0.1) is 12.1 Å². The number of carbonyl (C=O) groups is 2. The molecule has 29 heavy (non-hydrogen) atoms. The van der Waals surface area contributed by atoms with Crippen molar-refractivity contribution in [2.45, 2.75) is 25.7 Å². The first kappa shape index (κ1) is 20.1. The summed E-state index contributed by atoms with van der Waals surface area (Å²) in [6.07, 6.45) is -1.65. The van der Waals surface area contributed by atoms with E-state index < -0.39 is 29.7 Å². The minimum absolute atomic E-state index is 0.0810. The molecule has 0 saturated heterocycles. The van der Waals surface area contributed by atoms with Crippen molar-refractivity contribution in [2.75, 3.05) is 5.32 Å². The predicted molar refractivity (Wildman–Crippen MR) is 95.3 cm³/mol. The van der Waals surface area contributed by atoms with Crippen LogP contribution < -0.4 is 5.32 Å². The van der Waals surface area contributed by atoms with Crippen LogP contribution in [0.5, 0.6) is 0 Å². The van der Waals surface area contributed by atoms with Crippen molar-refractivity contribution in [1.29, 1.82) is 0 Å². The lowest BCUT2D eigenvalue weighted by Gasteiger charge is -2.13. The molecule has 2 aromatic heterocycles. The number of aromatic carboxylic acids is 1. The standard InChI is InChI=1S/C18H16F3N5O3/c1-11(26-14(17(28)29)5-7-22-26)16(27)23-15-6-8-25(24-15)10-12-3-2-4-13(9-12)18(19,20)21/h2-9,11H,10H2,1H3,(H,28,29)(H,23,24,27). The fourth-order valence-electron chi connectivity index (χ4n) is 2.68. The van der Waals surface area contributed by atoms with Gasteiger partial charge in [-0.3, -0.25) is 9.48 Å². The maximum Gasteiger partial charge on any atom is 0.416 e. The van der Waals surface area contributed by atoms with Crippen LogP contribution in [-0.2, 0) is 17.5 Å². The Hall–Kier alpha value is -3.63. The summed E-state index contributed by atoms with van der Waals surface area (Å²) >= 11 is 0. The number of amides is 1. The molecular formula is C18H16F3N5O3. The molecule has 1 aromatic carbocycles. The summed E-state index contributed by atoms with van der Waals surface area (Å²) in [6, 6.07) is 6.73. The summed E-state index contributed by atoms with van der Waals surface area (Å²) in [6.45, 7) is 1.56. The van der Waals surface area contributed by atoms with Crippen LogP contribution in [0.25, 0.3) is 0 Å². The molecule has 0 aliphatic carbocycles. The average molecular weight is 407 g/mol. The van der Waals surface area contributed by atoms with Crippen molar-refractivity contribution in [3.05, 3.63) is 65.6 Å². The third-order valence-electron chi connectivity index (χ3n) is 4.13. The minimum atomic E-state index is -4.43. The third-order valence-corrected chi connectivity index (χ3v) is 4.13. The molecule has 8 nitrogen and oxygen atoms in total. The first-order valence-corrected chi connectivity index (χ1v) is 8.42. The maximum absolute atomic E-state index is 12.8. The smallest absolute Gasteiger partial charge is 0.416 e. The van der Waals surface area contributed by atoms with Gasteiger partial charge in [0.2, 0.25) is 5.91 Å². The number of benzene rings is 1. The van der Waals surface area contributed by atoms with E-state index in [-0.39, 0.29) is 18.1 Å². The van der Waals surface area contributed by atoms with E-state index in [4.69, 9.17) is 5.11 Å². The summed E-state index contributed by atoms with van der Waals surface area (Å²) in [5.41, 5.74) is -0.488. The molecule has 11 heteroatoms. The SMILES string of the molecule is CC(C(=O)Nc1ccn(Cc2cccc(C(F)(F)F)c2)n1)n1nccc1C(=O)O. The monoisotopic (exact) mass is 407 g/mol. The summed E-state index contributed by atoms with van der Waals surface area (Å²) in [5, 5.41) is 19.6. The number of halogens is 3. The Morgan fingerprint density at radius 1 is 1.24 bits per heavy atom. The van der Waals surface area contributed by atoms with Crippen LogP contribution in [-0.4, -0.2) is 36.5 Å². The van der Waals surface area contributed by atoms with Gasteiger partial charge >= 0.3 is 12.1 Å². The summed E-state index contributed by atoms with van der Waals surface area (Å²) in [4.78, 5) is 23.5. The van der Waals surface area contributed by atoms with Crippen molar-refractivity contribution in [1.82, 2.24) is 19.6 Å². The zero-order valence-corrected chi connectivity index (χ0v) is 15.1. The minimum Gasteiger partial charge on any atom is -0.477 e. The van der Waals surface area contributed by atoms with Crippen molar-refractivity contribution in [3.8, 4) is 0 Å². The van der Waals surface area contributed by atoms with E-state index in [1.807, 2.05) is 0 Å². The van der Waals surface area contributed by atoms with Crippen molar-refractivity contribution in [3.63, 3.8) is 0 Å². The molecule has 0 bridgehead atoms. The van der Waals surface area contributed by atoms with Gasteiger partial charge in [0.15, 0.2) is 5.82 Å². The molecule has 0 spiro atoms. The van der Waals surface area contributed by atoms with Gasteiger partial charge in [-0.25, -0.2) is 9.48 Å². The number of carboxylic acids is 1. The topological polar surface area (TPSA) is 102 Å². The molecule has 1 atom stereocenters. The zero-order chi connectivity index (χ0) is 21.2. The molecule has 0 radical (unpaired) electrons. The van der Waals surface area contributed by atoms with E-state index >= 15 is 0 Å². The number of alkyl halides is 3. The lowest BCUT2D eigenvalue weighted by Crippen LogP contribution is -2.27. The highest BCUT2D eigenvalue weighted by Gasteiger charge is 2.30. The van der Waals surface area contributed by atoms with Crippen LogP contribution in [0.4, 0.5) is 19.0 Å². The van der Waals surface area contributed by atoms with Gasteiger partial charge in [-0.05, 0) is 30.7 Å². The summed E-state index contributed by atoms with van der Waals surface area (Å²) in [7, 11) is 0. The van der Waals surface area contributed by atoms with Gasteiger partial charge in [-0.15, -0.1) is 0 Å². The molecule has 0 saturated carbocycles. The Balaban J connectivity index is 1.68. The van der Waals surface area contributed by atoms with E-state index in [9.17, 15) is 22.8 Å². The fourth-order valence-corrected chi connectivity index (χ4v) is 2.68. The van der Waals surface area contributed by atoms with Crippen LogP contribution in [0.15, 0.2) is 48.8 Å². The molecule has 152 valence electrons. The summed E-state index contributed by atoms with van der Waals surface area (Å²) in [5.74, 6) is -1.58. The number of rotatable bonds is 6. The largest absolute Gasteiger partial charge is 0.477 e. The second-order valence-corrected chi connectivity index (χ2v) is 6.23. The molecule has 1 unspecified atom stereocenters. The Bertz CT molecular complexity index is 1040. The highest BCUT2D eigenvalue weighted by Crippen LogP contribution is 2.29. The Morgan fingerprint density at radius 2 is 2.00 bits per heavy atom. The molecule has 3 aromatic rings. The number of nitrogens with one attached hydrogen (secondary N) is 1. The van der Waals surface area contributed by atoms with Gasteiger partial charge in [0.1, 0.15) is 11.7 Å². The molecule has 2 N–H and O–H groups in total. The Kier molecular flexibility index (Phi) is 5.39. The molecule has 0 fully saturated rings. The second kappa shape index (κ2) is 7.78. The lowest BCUT2D eigenvalue weighted by molar-refractivity contribution is -0.137. The number of hydrogen-bond donors (Lipinski definition) is 2. The number of aromatic nitrogens is 4. The van der Waals surface area contributed by atoms with Crippen molar-refractivity contribution < 1.29 is 27.9 Å². The average Bonchev–Trinajstić information content (AvgIpc) is 3.30. The van der Waals surface area contributed by atoms with E-state index in [2.05, 4.69) is 15.5 Å². The first-order chi connectivity index (χ1) is 13.6. The second-order valence-electron chi connectivity index (χ2n) is 6.23. The van der Waals surface area contributed by atoms with Gasteiger partial charge < -0.3 is 10.4 Å². The maximum atomic E-state index is 12.8.